The first-order chi connectivity index (χ1) is 14.2. The zero-order chi connectivity index (χ0) is 21.6. The third-order valence-corrected chi connectivity index (χ3v) is 5.74. The molecule has 154 valence electrons. The number of nitrogens with zero attached hydrogens (tertiary/aromatic N) is 6. The third kappa shape index (κ3) is 3.18. The van der Waals surface area contributed by atoms with Crippen LogP contribution in [0.2, 0.25) is 0 Å². The Bertz CT molecular complexity index is 1070. The van der Waals surface area contributed by atoms with E-state index in [1.807, 2.05) is 26.8 Å². The fraction of sp³-hybridized carbons (Fsp3) is 0.364. The first kappa shape index (κ1) is 19.9. The van der Waals surface area contributed by atoms with Gasteiger partial charge in [-0.2, -0.15) is 0 Å². The van der Waals surface area contributed by atoms with Crippen molar-refractivity contribution in [1.29, 1.82) is 0 Å². The third-order valence-electron chi connectivity index (χ3n) is 5.74. The number of hydrogen-bond donors (Lipinski definition) is 0. The Morgan fingerprint density at radius 2 is 1.87 bits per heavy atom. The summed E-state index contributed by atoms with van der Waals surface area (Å²) in [5.74, 6) is 0.890. The zero-order valence-electron chi connectivity index (χ0n) is 17.7. The number of fused-ring (bicyclic) bond motifs is 1. The van der Waals surface area contributed by atoms with Crippen LogP contribution in [-0.4, -0.2) is 51.0 Å². The van der Waals surface area contributed by atoms with Crippen LogP contribution in [-0.2, 0) is 4.79 Å². The van der Waals surface area contributed by atoms with Crippen LogP contribution in [0.3, 0.4) is 0 Å². The van der Waals surface area contributed by atoms with Gasteiger partial charge in [0.15, 0.2) is 11.5 Å². The van der Waals surface area contributed by atoms with Gasteiger partial charge in [-0.1, -0.05) is 19.9 Å². The lowest BCUT2D eigenvalue weighted by Crippen LogP contribution is -2.32. The smallest absolute Gasteiger partial charge is 0.273 e. The van der Waals surface area contributed by atoms with E-state index in [0.29, 0.717) is 11.6 Å². The van der Waals surface area contributed by atoms with Crippen molar-refractivity contribution in [2.75, 3.05) is 19.0 Å². The predicted octanol–water partition coefficient (Wildman–Crippen LogP) is 2.64. The summed E-state index contributed by atoms with van der Waals surface area (Å²) in [4.78, 5) is 37.0. The molecule has 0 aromatic carbocycles. The normalized spacial score (nSPS) is 19.8. The molecule has 1 aliphatic heterocycles. The first-order valence-electron chi connectivity index (χ1n) is 9.81. The van der Waals surface area contributed by atoms with Crippen LogP contribution in [0.4, 0.5) is 5.82 Å². The highest BCUT2D eigenvalue weighted by molar-refractivity contribution is 6.04. The van der Waals surface area contributed by atoms with Gasteiger partial charge in [0.1, 0.15) is 5.82 Å². The van der Waals surface area contributed by atoms with Crippen molar-refractivity contribution in [2.45, 2.75) is 27.2 Å². The minimum Gasteiger partial charge on any atom is -0.343 e. The monoisotopic (exact) mass is 404 g/mol. The van der Waals surface area contributed by atoms with E-state index < -0.39 is 5.41 Å². The van der Waals surface area contributed by atoms with Gasteiger partial charge in [0, 0.05) is 43.7 Å². The van der Waals surface area contributed by atoms with Crippen LogP contribution < -0.4 is 4.90 Å². The Hall–Kier alpha value is -3.42. The molecule has 1 fully saturated rings. The number of aromatic nitrogens is 4. The van der Waals surface area contributed by atoms with E-state index in [4.69, 9.17) is 0 Å². The molecular formula is C22H24N6O2. The van der Waals surface area contributed by atoms with Gasteiger partial charge < -0.3 is 4.90 Å². The molecule has 2 aliphatic rings. The van der Waals surface area contributed by atoms with E-state index in [-0.39, 0.29) is 23.4 Å². The first-order valence-corrected chi connectivity index (χ1v) is 9.81. The molecule has 2 aromatic rings. The van der Waals surface area contributed by atoms with Crippen molar-refractivity contribution in [3.8, 4) is 0 Å². The number of aryl methyl sites for hydroxylation is 1. The molecular weight excluding hydrogens is 380 g/mol. The molecule has 30 heavy (non-hydrogen) atoms. The number of rotatable bonds is 3. The maximum absolute atomic E-state index is 13.3. The molecule has 0 radical (unpaired) electrons. The zero-order valence-corrected chi connectivity index (χ0v) is 17.7. The molecule has 0 saturated carbocycles. The number of carbonyl (C=O) groups is 2. The Morgan fingerprint density at radius 1 is 1.17 bits per heavy atom. The van der Waals surface area contributed by atoms with E-state index in [9.17, 15) is 9.59 Å². The largest absolute Gasteiger partial charge is 0.343 e. The van der Waals surface area contributed by atoms with Crippen molar-refractivity contribution in [3.05, 3.63) is 59.5 Å². The van der Waals surface area contributed by atoms with Gasteiger partial charge in [0.2, 0.25) is 5.91 Å². The number of anilines is 1. The van der Waals surface area contributed by atoms with Gasteiger partial charge in [0.05, 0.1) is 5.41 Å². The molecule has 8 heteroatoms. The molecule has 1 saturated heterocycles. The van der Waals surface area contributed by atoms with Crippen molar-refractivity contribution < 1.29 is 9.59 Å². The summed E-state index contributed by atoms with van der Waals surface area (Å²) in [6, 6.07) is 3.28. The quantitative estimate of drug-likeness (QED) is 0.781. The second kappa shape index (κ2) is 7.12. The number of hydrogen-bond acceptors (Lipinski definition) is 6. The second-order valence-electron chi connectivity index (χ2n) is 8.37. The molecule has 2 aromatic heterocycles. The summed E-state index contributed by atoms with van der Waals surface area (Å²) in [5, 5.41) is 8.26. The summed E-state index contributed by atoms with van der Waals surface area (Å²) in [5.41, 5.74) is 2.42. The summed E-state index contributed by atoms with van der Waals surface area (Å²) in [6.45, 7) is 5.76. The molecule has 1 unspecified atom stereocenters. The lowest BCUT2D eigenvalue weighted by molar-refractivity contribution is -0.125. The van der Waals surface area contributed by atoms with Crippen LogP contribution in [0.25, 0.3) is 5.57 Å². The van der Waals surface area contributed by atoms with Gasteiger partial charge in [-0.25, -0.2) is 9.97 Å². The molecule has 1 atom stereocenters. The number of carbonyl (C=O) groups excluding carboxylic acids is 2. The highest BCUT2D eigenvalue weighted by atomic mass is 16.2. The Labute approximate surface area is 175 Å². The van der Waals surface area contributed by atoms with Crippen molar-refractivity contribution >= 4 is 23.2 Å². The molecule has 2 amide bonds. The summed E-state index contributed by atoms with van der Waals surface area (Å²) >= 11 is 0. The van der Waals surface area contributed by atoms with Gasteiger partial charge in [-0.3, -0.25) is 14.5 Å². The second-order valence-corrected chi connectivity index (χ2v) is 8.37. The highest BCUT2D eigenvalue weighted by Crippen LogP contribution is 2.49. The van der Waals surface area contributed by atoms with Crippen molar-refractivity contribution in [1.82, 2.24) is 25.1 Å². The summed E-state index contributed by atoms with van der Waals surface area (Å²) in [7, 11) is 3.31. The molecule has 1 aliphatic carbocycles. The van der Waals surface area contributed by atoms with E-state index in [0.717, 1.165) is 23.3 Å². The average Bonchev–Trinajstić information content (AvgIpc) is 2.93. The average molecular weight is 404 g/mol. The molecule has 0 N–H and O–H groups in total. The summed E-state index contributed by atoms with van der Waals surface area (Å²) in [6.07, 6.45) is 8.45. The van der Waals surface area contributed by atoms with Crippen LogP contribution in [0.15, 0.2) is 42.4 Å². The van der Waals surface area contributed by atoms with E-state index in [2.05, 4.69) is 26.2 Å². The van der Waals surface area contributed by atoms with Crippen LogP contribution in [0, 0.1) is 18.3 Å². The fourth-order valence-corrected chi connectivity index (χ4v) is 3.89. The van der Waals surface area contributed by atoms with Gasteiger partial charge in [0.25, 0.3) is 5.91 Å². The predicted molar refractivity (Wildman–Crippen MR) is 112 cm³/mol. The highest BCUT2D eigenvalue weighted by Gasteiger charge is 2.52. The van der Waals surface area contributed by atoms with Gasteiger partial charge in [-0.15, -0.1) is 10.2 Å². The van der Waals surface area contributed by atoms with Crippen LogP contribution in [0.1, 0.15) is 42.1 Å². The SMILES string of the molecule is Cc1ncc(C2=CCC3C(=C2)N(c2ccc(C(=O)N(C)C)nn2)C(=O)C3(C)C)cn1. The minimum absolute atomic E-state index is 0.0324. The Morgan fingerprint density at radius 3 is 2.47 bits per heavy atom. The fourth-order valence-electron chi connectivity index (χ4n) is 3.89. The van der Waals surface area contributed by atoms with Gasteiger partial charge >= 0.3 is 0 Å². The van der Waals surface area contributed by atoms with E-state index >= 15 is 0 Å². The van der Waals surface area contributed by atoms with E-state index in [1.54, 1.807) is 43.5 Å². The molecule has 3 heterocycles. The number of allylic oxidation sites excluding steroid dienone is 4. The molecule has 0 bridgehead atoms. The maximum atomic E-state index is 13.3. The molecule has 8 nitrogen and oxygen atoms in total. The van der Waals surface area contributed by atoms with Crippen LogP contribution in [0.5, 0.6) is 0 Å². The number of amides is 2. The van der Waals surface area contributed by atoms with Gasteiger partial charge in [-0.05, 0) is 37.1 Å². The minimum atomic E-state index is -0.572. The standard InChI is InChI=1S/C22H24N6O2/c1-13-23-11-15(12-24-13)14-6-7-16-18(10-14)28(21(30)22(16,2)3)19-9-8-17(25-26-19)20(29)27(4)5/h6,8-12,16H,7H2,1-5H3. The topological polar surface area (TPSA) is 92.2 Å². The van der Waals surface area contributed by atoms with Crippen molar-refractivity contribution in [2.24, 2.45) is 11.3 Å². The Balaban J connectivity index is 1.73. The lowest BCUT2D eigenvalue weighted by atomic mass is 9.75. The lowest BCUT2D eigenvalue weighted by Gasteiger charge is -2.25. The van der Waals surface area contributed by atoms with E-state index in [1.165, 1.54) is 4.90 Å². The molecule has 0 spiro atoms. The van der Waals surface area contributed by atoms with Crippen LogP contribution >= 0.6 is 0 Å². The summed E-state index contributed by atoms with van der Waals surface area (Å²) < 4.78 is 0. The molecule has 4 rings (SSSR count). The Kier molecular flexibility index (Phi) is 4.72. The van der Waals surface area contributed by atoms with Crippen molar-refractivity contribution in [3.63, 3.8) is 0 Å². The maximum Gasteiger partial charge on any atom is 0.273 e.